The van der Waals surface area contributed by atoms with E-state index in [4.69, 9.17) is 0 Å². The number of hydrogen-bond donors (Lipinski definition) is 1. The van der Waals surface area contributed by atoms with Crippen molar-refractivity contribution < 1.29 is 9.72 Å². The van der Waals surface area contributed by atoms with Crippen LogP contribution in [-0.2, 0) is 0 Å². The molecule has 1 N–H and O–H groups in total. The molecule has 7 heteroatoms. The Bertz CT molecular complexity index is 1330. The molecule has 0 aliphatic carbocycles. The Kier molecular flexibility index (Phi) is 5.12. The number of nitro groups is 1. The largest absolute Gasteiger partial charge is 0.313 e. The summed E-state index contributed by atoms with van der Waals surface area (Å²) in [5.74, 6) is -0.441. The van der Waals surface area contributed by atoms with Gasteiger partial charge in [0.25, 0.3) is 11.6 Å². The smallest absolute Gasteiger partial charge is 0.269 e. The second kappa shape index (κ2) is 7.88. The monoisotopic (exact) mass is 416 g/mol. The van der Waals surface area contributed by atoms with Gasteiger partial charge >= 0.3 is 0 Å². The number of rotatable bonds is 4. The Balaban J connectivity index is 1.81. The summed E-state index contributed by atoms with van der Waals surface area (Å²) in [7, 11) is 0. The number of aryl methyl sites for hydroxylation is 1. The third-order valence-corrected chi connectivity index (χ3v) is 5.79. The Labute approximate surface area is 175 Å². The predicted octanol–water partition coefficient (Wildman–Crippen LogP) is 5.40. The molecule has 0 spiro atoms. The van der Waals surface area contributed by atoms with Crippen LogP contribution >= 0.6 is 11.3 Å². The maximum absolute atomic E-state index is 13.3. The molecule has 0 unspecified atom stereocenters. The number of benzene rings is 3. The average molecular weight is 416 g/mol. The van der Waals surface area contributed by atoms with Crippen LogP contribution in [0.5, 0.6) is 0 Å². The number of anilines is 1. The zero-order valence-corrected chi connectivity index (χ0v) is 16.7. The van der Waals surface area contributed by atoms with E-state index in [9.17, 15) is 19.7 Å². The fraction of sp³-hybridized carbons (Fsp3) is 0.0435. The Morgan fingerprint density at radius 1 is 0.967 bits per heavy atom. The zero-order valence-electron chi connectivity index (χ0n) is 15.9. The Hall–Kier alpha value is -3.84. The highest BCUT2D eigenvalue weighted by Crippen LogP contribution is 2.34. The summed E-state index contributed by atoms with van der Waals surface area (Å²) in [6.07, 6.45) is 0. The summed E-state index contributed by atoms with van der Waals surface area (Å²) < 4.78 is 0.761. The highest BCUT2D eigenvalue weighted by molar-refractivity contribution is 7.22. The zero-order chi connectivity index (χ0) is 21.3. The van der Waals surface area contributed by atoms with Gasteiger partial charge in [0.15, 0.2) is 5.43 Å². The summed E-state index contributed by atoms with van der Waals surface area (Å²) in [6.45, 7) is 1.96. The van der Waals surface area contributed by atoms with E-state index in [1.165, 1.54) is 35.6 Å². The van der Waals surface area contributed by atoms with Crippen molar-refractivity contribution in [3.63, 3.8) is 0 Å². The van der Waals surface area contributed by atoms with Gasteiger partial charge in [-0.2, -0.15) is 0 Å². The predicted molar refractivity (Wildman–Crippen MR) is 119 cm³/mol. The number of nitro benzene ring substituents is 1. The van der Waals surface area contributed by atoms with Crippen molar-refractivity contribution in [2.75, 3.05) is 5.32 Å². The van der Waals surface area contributed by atoms with Crippen LogP contribution in [0.15, 0.2) is 77.6 Å². The molecule has 1 heterocycles. The molecular weight excluding hydrogens is 400 g/mol. The normalized spacial score (nSPS) is 10.7. The van der Waals surface area contributed by atoms with E-state index in [-0.39, 0.29) is 16.7 Å². The summed E-state index contributed by atoms with van der Waals surface area (Å²) >= 11 is 1.32. The summed E-state index contributed by atoms with van der Waals surface area (Å²) in [4.78, 5) is 36.4. The molecular formula is C23H16N2O4S. The molecule has 4 aromatic rings. The molecule has 148 valence electrons. The van der Waals surface area contributed by atoms with Crippen molar-refractivity contribution in [2.45, 2.75) is 6.92 Å². The van der Waals surface area contributed by atoms with E-state index >= 15 is 0 Å². The minimum Gasteiger partial charge on any atom is -0.313 e. The molecule has 0 bridgehead atoms. The third-order valence-electron chi connectivity index (χ3n) is 4.71. The number of carbonyl (C=O) groups excluding carboxylic acids is 1. The van der Waals surface area contributed by atoms with Gasteiger partial charge in [0, 0.05) is 27.8 Å². The van der Waals surface area contributed by atoms with E-state index in [2.05, 4.69) is 5.32 Å². The van der Waals surface area contributed by atoms with Crippen LogP contribution < -0.4 is 10.7 Å². The van der Waals surface area contributed by atoms with Crippen molar-refractivity contribution in [1.29, 1.82) is 0 Å². The van der Waals surface area contributed by atoms with Crippen LogP contribution in [-0.4, -0.2) is 10.8 Å². The van der Waals surface area contributed by atoms with E-state index in [1.807, 2.05) is 49.4 Å². The lowest BCUT2D eigenvalue weighted by molar-refractivity contribution is -0.384. The standard InChI is InChI=1S/C23H16N2O4S/c1-14-6-8-15(9-7-14)20-21(26)18-4-2-3-5-19(18)30-23(20)24-22(27)16-10-12-17(13-11-16)25(28)29/h2-13H,1H3,(H,24,27). The maximum Gasteiger partial charge on any atom is 0.269 e. The first-order valence-corrected chi connectivity index (χ1v) is 9.94. The average Bonchev–Trinajstić information content (AvgIpc) is 2.75. The van der Waals surface area contributed by atoms with Crippen molar-refractivity contribution in [3.05, 3.63) is 104 Å². The summed E-state index contributed by atoms with van der Waals surface area (Å²) in [6, 6.07) is 20.1. The van der Waals surface area contributed by atoms with Crippen LogP contribution in [0.2, 0.25) is 0 Å². The third kappa shape index (κ3) is 3.70. The van der Waals surface area contributed by atoms with Crippen LogP contribution in [0.3, 0.4) is 0 Å². The topological polar surface area (TPSA) is 89.3 Å². The Morgan fingerprint density at radius 3 is 2.30 bits per heavy atom. The van der Waals surface area contributed by atoms with Gasteiger partial charge in [-0.05, 0) is 36.8 Å². The Morgan fingerprint density at radius 2 is 1.63 bits per heavy atom. The minimum absolute atomic E-state index is 0.0951. The van der Waals surface area contributed by atoms with Gasteiger partial charge in [-0.1, -0.05) is 42.0 Å². The number of amides is 1. The fourth-order valence-corrected chi connectivity index (χ4v) is 4.22. The van der Waals surface area contributed by atoms with E-state index in [0.29, 0.717) is 21.5 Å². The number of fused-ring (bicyclic) bond motifs is 1. The summed E-state index contributed by atoms with van der Waals surface area (Å²) in [5.41, 5.74) is 2.21. The fourth-order valence-electron chi connectivity index (χ4n) is 3.12. The molecule has 1 aromatic heterocycles. The first-order valence-electron chi connectivity index (χ1n) is 9.13. The van der Waals surface area contributed by atoms with Crippen molar-refractivity contribution in [2.24, 2.45) is 0 Å². The van der Waals surface area contributed by atoms with Crippen LogP contribution in [0, 0.1) is 17.0 Å². The van der Waals surface area contributed by atoms with E-state index < -0.39 is 10.8 Å². The van der Waals surface area contributed by atoms with Gasteiger partial charge in [-0.15, -0.1) is 11.3 Å². The van der Waals surface area contributed by atoms with Gasteiger partial charge in [0.2, 0.25) is 0 Å². The SMILES string of the molecule is Cc1ccc(-c2c(NC(=O)c3ccc([N+](=O)[O-])cc3)sc3ccccc3c2=O)cc1. The van der Waals surface area contributed by atoms with Gasteiger partial charge in [0.1, 0.15) is 5.00 Å². The molecule has 1 amide bonds. The number of non-ortho nitro benzene ring substituents is 1. The van der Waals surface area contributed by atoms with Crippen LogP contribution in [0.4, 0.5) is 10.7 Å². The van der Waals surface area contributed by atoms with Gasteiger partial charge < -0.3 is 5.32 Å². The summed E-state index contributed by atoms with van der Waals surface area (Å²) in [5, 5.41) is 14.7. The molecule has 0 radical (unpaired) electrons. The molecule has 0 saturated heterocycles. The van der Waals surface area contributed by atoms with Gasteiger partial charge in [-0.25, -0.2) is 0 Å². The first-order chi connectivity index (χ1) is 14.4. The quantitative estimate of drug-likeness (QED) is 0.356. The second-order valence-electron chi connectivity index (χ2n) is 6.76. The molecule has 3 aromatic carbocycles. The molecule has 0 aliphatic heterocycles. The number of carbonyl (C=O) groups is 1. The molecule has 30 heavy (non-hydrogen) atoms. The second-order valence-corrected chi connectivity index (χ2v) is 7.81. The number of nitrogens with zero attached hydrogens (tertiary/aromatic N) is 1. The van der Waals surface area contributed by atoms with Crippen LogP contribution in [0.1, 0.15) is 15.9 Å². The highest BCUT2D eigenvalue weighted by Gasteiger charge is 2.18. The van der Waals surface area contributed by atoms with Crippen LogP contribution in [0.25, 0.3) is 21.2 Å². The lowest BCUT2D eigenvalue weighted by Crippen LogP contribution is -2.15. The lowest BCUT2D eigenvalue weighted by atomic mass is 10.0. The minimum atomic E-state index is -0.522. The highest BCUT2D eigenvalue weighted by atomic mass is 32.1. The molecule has 0 aliphatic rings. The van der Waals surface area contributed by atoms with Gasteiger partial charge in [0.05, 0.1) is 10.5 Å². The molecule has 0 saturated carbocycles. The maximum atomic E-state index is 13.3. The molecule has 6 nitrogen and oxygen atoms in total. The molecule has 0 atom stereocenters. The van der Waals surface area contributed by atoms with Gasteiger partial charge in [-0.3, -0.25) is 19.7 Å². The van der Waals surface area contributed by atoms with Crippen molar-refractivity contribution in [3.8, 4) is 11.1 Å². The number of nitrogens with one attached hydrogen (secondary N) is 1. The van der Waals surface area contributed by atoms with Crippen molar-refractivity contribution in [1.82, 2.24) is 0 Å². The van der Waals surface area contributed by atoms with Crippen molar-refractivity contribution >= 4 is 38.0 Å². The first kappa shape index (κ1) is 19.5. The molecule has 4 rings (SSSR count). The lowest BCUT2D eigenvalue weighted by Gasteiger charge is -2.12. The number of hydrogen-bond acceptors (Lipinski definition) is 5. The van der Waals surface area contributed by atoms with E-state index in [0.717, 1.165) is 10.3 Å². The van der Waals surface area contributed by atoms with E-state index in [1.54, 1.807) is 6.07 Å². The molecule has 0 fully saturated rings.